The maximum atomic E-state index is 11.6. The molecule has 2 rings (SSSR count). The maximum Gasteiger partial charge on any atom is 0.310 e. The molecule has 4 nitrogen and oxygen atoms in total. The Labute approximate surface area is 107 Å². The number of hydrogen-bond donors (Lipinski definition) is 2. The molecule has 0 spiro atoms. The Kier molecular flexibility index (Phi) is 3.16. The summed E-state index contributed by atoms with van der Waals surface area (Å²) in [7, 11) is 0. The lowest BCUT2D eigenvalue weighted by molar-refractivity contribution is -0.182. The fourth-order valence-corrected chi connectivity index (χ4v) is 3.97. The predicted octanol–water partition coefficient (Wildman–Crippen LogP) is 2.77. The third-order valence-corrected chi connectivity index (χ3v) is 5.57. The summed E-state index contributed by atoms with van der Waals surface area (Å²) in [5, 5.41) is 19.0. The second-order valence-corrected chi connectivity index (χ2v) is 6.49. The minimum absolute atomic E-state index is 0.396. The van der Waals surface area contributed by atoms with Crippen LogP contribution in [0.15, 0.2) is 0 Å². The Morgan fingerprint density at radius 1 is 0.889 bits per heavy atom. The van der Waals surface area contributed by atoms with Gasteiger partial charge in [-0.1, -0.05) is 25.7 Å². The number of rotatable bonds is 2. The molecule has 0 aromatic rings. The molecule has 2 fully saturated rings. The molecule has 2 aliphatic rings. The van der Waals surface area contributed by atoms with Crippen LogP contribution in [0.4, 0.5) is 0 Å². The van der Waals surface area contributed by atoms with E-state index in [2.05, 4.69) is 0 Å². The predicted molar refractivity (Wildman–Crippen MR) is 66.2 cm³/mol. The molecule has 0 aromatic carbocycles. The number of carboxylic acids is 2. The summed E-state index contributed by atoms with van der Waals surface area (Å²) in [6, 6.07) is 0. The standard InChI is InChI=1S/C14H22O4/c1-13(11(15)16)7-9-5-3-4-6-10(9)8-14(13,2)12(17)18/h9-10H,3-8H2,1-2H3,(H,15,16)(H,17,18). The lowest BCUT2D eigenvalue weighted by atomic mass is 9.50. The van der Waals surface area contributed by atoms with Crippen molar-refractivity contribution in [3.05, 3.63) is 0 Å². The normalized spacial score (nSPS) is 44.1. The van der Waals surface area contributed by atoms with Gasteiger partial charge in [-0.15, -0.1) is 0 Å². The summed E-state index contributed by atoms with van der Waals surface area (Å²) < 4.78 is 0. The summed E-state index contributed by atoms with van der Waals surface area (Å²) in [4.78, 5) is 23.2. The van der Waals surface area contributed by atoms with E-state index in [9.17, 15) is 19.8 Å². The van der Waals surface area contributed by atoms with E-state index in [0.717, 1.165) is 25.7 Å². The monoisotopic (exact) mass is 254 g/mol. The second kappa shape index (κ2) is 4.25. The van der Waals surface area contributed by atoms with Crippen molar-refractivity contribution >= 4 is 11.9 Å². The zero-order valence-electron chi connectivity index (χ0n) is 11.1. The van der Waals surface area contributed by atoms with Gasteiger partial charge in [-0.2, -0.15) is 0 Å². The van der Waals surface area contributed by atoms with Crippen molar-refractivity contribution in [2.45, 2.75) is 52.4 Å². The molecule has 4 heteroatoms. The summed E-state index contributed by atoms with van der Waals surface area (Å²) in [6.45, 7) is 3.24. The van der Waals surface area contributed by atoms with Gasteiger partial charge in [0.25, 0.3) is 0 Å². The number of carboxylic acid groups (broad SMARTS) is 2. The van der Waals surface area contributed by atoms with Crippen molar-refractivity contribution < 1.29 is 19.8 Å². The quantitative estimate of drug-likeness (QED) is 0.794. The summed E-state index contributed by atoms with van der Waals surface area (Å²) >= 11 is 0. The van der Waals surface area contributed by atoms with E-state index in [-0.39, 0.29) is 0 Å². The van der Waals surface area contributed by atoms with E-state index < -0.39 is 22.8 Å². The van der Waals surface area contributed by atoms with Gasteiger partial charge in [-0.25, -0.2) is 0 Å². The van der Waals surface area contributed by atoms with Crippen molar-refractivity contribution in [1.29, 1.82) is 0 Å². The van der Waals surface area contributed by atoms with Crippen LogP contribution in [-0.4, -0.2) is 22.2 Å². The molecule has 4 unspecified atom stereocenters. The van der Waals surface area contributed by atoms with Crippen molar-refractivity contribution in [2.75, 3.05) is 0 Å². The molecule has 0 radical (unpaired) electrons. The SMILES string of the molecule is CC1(C(=O)O)CC2CCCCC2CC1(C)C(=O)O. The second-order valence-electron chi connectivity index (χ2n) is 6.49. The summed E-state index contributed by atoms with van der Waals surface area (Å²) in [5.41, 5.74) is -2.28. The van der Waals surface area contributed by atoms with E-state index in [1.807, 2.05) is 0 Å². The molecule has 0 heterocycles. The highest BCUT2D eigenvalue weighted by atomic mass is 16.4. The van der Waals surface area contributed by atoms with Crippen molar-refractivity contribution in [3.63, 3.8) is 0 Å². The molecule has 102 valence electrons. The molecule has 0 amide bonds. The average molecular weight is 254 g/mol. The van der Waals surface area contributed by atoms with Gasteiger partial charge in [0, 0.05) is 0 Å². The minimum atomic E-state index is -1.14. The third-order valence-electron chi connectivity index (χ3n) is 5.57. The van der Waals surface area contributed by atoms with Crippen LogP contribution in [0.2, 0.25) is 0 Å². The Morgan fingerprint density at radius 2 is 1.22 bits per heavy atom. The lowest BCUT2D eigenvalue weighted by Gasteiger charge is -2.51. The highest BCUT2D eigenvalue weighted by Crippen LogP contribution is 2.57. The van der Waals surface area contributed by atoms with Crippen molar-refractivity contribution in [1.82, 2.24) is 0 Å². The van der Waals surface area contributed by atoms with Gasteiger partial charge in [0.1, 0.15) is 0 Å². The van der Waals surface area contributed by atoms with E-state index in [1.165, 1.54) is 0 Å². The molecule has 0 saturated heterocycles. The molecular weight excluding hydrogens is 232 g/mol. The Bertz CT molecular complexity index is 342. The van der Waals surface area contributed by atoms with Crippen LogP contribution >= 0.6 is 0 Å². The van der Waals surface area contributed by atoms with Crippen LogP contribution in [0.1, 0.15) is 52.4 Å². The molecular formula is C14H22O4. The molecule has 0 aromatic heterocycles. The molecule has 2 N–H and O–H groups in total. The maximum absolute atomic E-state index is 11.6. The fraction of sp³-hybridized carbons (Fsp3) is 0.857. The van der Waals surface area contributed by atoms with Gasteiger partial charge < -0.3 is 10.2 Å². The zero-order valence-corrected chi connectivity index (χ0v) is 11.1. The topological polar surface area (TPSA) is 74.6 Å². The highest BCUT2D eigenvalue weighted by Gasteiger charge is 2.60. The highest BCUT2D eigenvalue weighted by molar-refractivity contribution is 5.86. The summed E-state index contributed by atoms with van der Waals surface area (Å²) in [6.07, 6.45) is 5.44. The smallest absolute Gasteiger partial charge is 0.310 e. The Morgan fingerprint density at radius 3 is 1.50 bits per heavy atom. The molecule has 0 bridgehead atoms. The number of hydrogen-bond acceptors (Lipinski definition) is 2. The summed E-state index contributed by atoms with van der Waals surface area (Å²) in [5.74, 6) is -1.13. The van der Waals surface area contributed by atoms with Crippen LogP contribution in [0, 0.1) is 22.7 Å². The van der Waals surface area contributed by atoms with Gasteiger partial charge in [0.2, 0.25) is 0 Å². The Hall–Kier alpha value is -1.06. The van der Waals surface area contributed by atoms with Crippen molar-refractivity contribution in [3.8, 4) is 0 Å². The minimum Gasteiger partial charge on any atom is -0.481 e. The zero-order chi connectivity index (χ0) is 13.6. The first-order valence-corrected chi connectivity index (χ1v) is 6.78. The molecule has 2 saturated carbocycles. The first-order chi connectivity index (χ1) is 8.31. The van der Waals surface area contributed by atoms with Crippen LogP contribution in [0.3, 0.4) is 0 Å². The molecule has 2 aliphatic carbocycles. The molecule has 18 heavy (non-hydrogen) atoms. The number of fused-ring (bicyclic) bond motifs is 1. The first kappa shape index (κ1) is 13.4. The molecule has 4 atom stereocenters. The number of carbonyl (C=O) groups is 2. The van der Waals surface area contributed by atoms with Crippen LogP contribution in [0.5, 0.6) is 0 Å². The van der Waals surface area contributed by atoms with Crippen molar-refractivity contribution in [2.24, 2.45) is 22.7 Å². The van der Waals surface area contributed by atoms with E-state index in [0.29, 0.717) is 24.7 Å². The van der Waals surface area contributed by atoms with Gasteiger partial charge >= 0.3 is 11.9 Å². The van der Waals surface area contributed by atoms with E-state index >= 15 is 0 Å². The van der Waals surface area contributed by atoms with Gasteiger partial charge in [-0.05, 0) is 38.5 Å². The van der Waals surface area contributed by atoms with Gasteiger partial charge in [-0.3, -0.25) is 9.59 Å². The van der Waals surface area contributed by atoms with Crippen LogP contribution in [0.25, 0.3) is 0 Å². The molecule has 0 aliphatic heterocycles. The fourth-order valence-electron chi connectivity index (χ4n) is 3.97. The number of aliphatic carboxylic acids is 2. The van der Waals surface area contributed by atoms with E-state index in [1.54, 1.807) is 13.8 Å². The first-order valence-electron chi connectivity index (χ1n) is 6.78. The average Bonchev–Trinajstić information content (AvgIpc) is 2.30. The van der Waals surface area contributed by atoms with Gasteiger partial charge in [0.15, 0.2) is 0 Å². The lowest BCUT2D eigenvalue weighted by Crippen LogP contribution is -2.55. The van der Waals surface area contributed by atoms with Crippen LogP contribution in [-0.2, 0) is 9.59 Å². The Balaban J connectivity index is 2.37. The third kappa shape index (κ3) is 1.73. The van der Waals surface area contributed by atoms with E-state index in [4.69, 9.17) is 0 Å². The largest absolute Gasteiger partial charge is 0.481 e. The van der Waals surface area contributed by atoms with Gasteiger partial charge in [0.05, 0.1) is 10.8 Å². The van der Waals surface area contributed by atoms with Crippen LogP contribution < -0.4 is 0 Å².